The zero-order valence-electron chi connectivity index (χ0n) is 18.8. The predicted molar refractivity (Wildman–Crippen MR) is 137 cm³/mol. The van der Waals surface area contributed by atoms with Gasteiger partial charge in [-0.3, -0.25) is 5.10 Å². The van der Waals surface area contributed by atoms with Gasteiger partial charge in [-0.2, -0.15) is 5.10 Å². The normalized spacial score (nSPS) is 14.6. The summed E-state index contributed by atoms with van der Waals surface area (Å²) in [6, 6.07) is 27.5. The fraction of sp³-hybridized carbons (Fsp3) is 0.133. The molecule has 4 heteroatoms. The van der Waals surface area contributed by atoms with Crippen LogP contribution in [0.5, 0.6) is 0 Å². The summed E-state index contributed by atoms with van der Waals surface area (Å²) in [6.07, 6.45) is 10.2. The summed E-state index contributed by atoms with van der Waals surface area (Å²) in [6.45, 7) is 0. The van der Waals surface area contributed by atoms with Crippen LogP contribution >= 0.6 is 0 Å². The lowest BCUT2D eigenvalue weighted by molar-refractivity contribution is -0.131. The number of aromatic nitrogens is 2. The summed E-state index contributed by atoms with van der Waals surface area (Å²) >= 11 is 0. The highest BCUT2D eigenvalue weighted by Gasteiger charge is 2.27. The quantitative estimate of drug-likeness (QED) is 0.239. The number of rotatable bonds is 7. The average Bonchev–Trinajstić information content (AvgIpc) is 3.38. The second-order valence-electron chi connectivity index (χ2n) is 8.64. The Morgan fingerprint density at radius 1 is 0.882 bits per heavy atom. The van der Waals surface area contributed by atoms with Gasteiger partial charge in [0.05, 0.1) is 6.20 Å². The van der Waals surface area contributed by atoms with Crippen LogP contribution in [0.4, 0.5) is 0 Å². The molecule has 2 N–H and O–H groups in total. The number of carbonyl (C=O) groups is 1. The predicted octanol–water partition coefficient (Wildman–Crippen LogP) is 6.93. The van der Waals surface area contributed by atoms with Crippen molar-refractivity contribution >= 4 is 23.2 Å². The van der Waals surface area contributed by atoms with Crippen LogP contribution in [0.1, 0.15) is 41.5 Å². The lowest BCUT2D eigenvalue weighted by Gasteiger charge is -2.31. The Balaban J connectivity index is 1.70. The van der Waals surface area contributed by atoms with E-state index >= 15 is 0 Å². The van der Waals surface area contributed by atoms with E-state index in [-0.39, 0.29) is 0 Å². The molecule has 4 aromatic rings. The molecular formula is C30H26N2O2. The minimum absolute atomic E-state index is 0.515. The van der Waals surface area contributed by atoms with Crippen molar-refractivity contribution in [1.29, 1.82) is 0 Å². The molecule has 5 rings (SSSR count). The molecule has 0 amide bonds. The maximum absolute atomic E-state index is 10.9. The third kappa shape index (κ3) is 4.62. The summed E-state index contributed by atoms with van der Waals surface area (Å²) in [4.78, 5) is 10.9. The first-order chi connectivity index (χ1) is 16.7. The van der Waals surface area contributed by atoms with Crippen LogP contribution in [0.3, 0.4) is 0 Å². The van der Waals surface area contributed by atoms with Gasteiger partial charge in [0.1, 0.15) is 0 Å². The SMILES string of the molecule is O=C(O)/C=C/c1ccc(/C(=C(\c2ccccc2)C2CCC2)c2cccc(-c3cn[nH]c3)c2)cc1. The fourth-order valence-electron chi connectivity index (χ4n) is 4.57. The summed E-state index contributed by atoms with van der Waals surface area (Å²) in [5.74, 6) is -0.432. The molecule has 34 heavy (non-hydrogen) atoms. The van der Waals surface area contributed by atoms with E-state index in [4.69, 9.17) is 5.11 Å². The van der Waals surface area contributed by atoms with Gasteiger partial charge in [-0.05, 0) is 69.9 Å². The number of hydrogen-bond donors (Lipinski definition) is 2. The zero-order valence-corrected chi connectivity index (χ0v) is 18.8. The molecule has 0 bridgehead atoms. The largest absolute Gasteiger partial charge is 0.478 e. The van der Waals surface area contributed by atoms with Gasteiger partial charge < -0.3 is 5.11 Å². The Bertz CT molecular complexity index is 1330. The molecule has 1 fully saturated rings. The van der Waals surface area contributed by atoms with E-state index in [2.05, 4.69) is 76.9 Å². The highest BCUT2D eigenvalue weighted by atomic mass is 16.4. The van der Waals surface area contributed by atoms with Crippen molar-refractivity contribution in [2.75, 3.05) is 0 Å². The van der Waals surface area contributed by atoms with Crippen LogP contribution in [0, 0.1) is 5.92 Å². The van der Waals surface area contributed by atoms with Gasteiger partial charge in [0.15, 0.2) is 0 Å². The Labute approximate surface area is 199 Å². The molecule has 0 aliphatic heterocycles. The number of benzene rings is 3. The summed E-state index contributed by atoms with van der Waals surface area (Å²) in [5.41, 5.74) is 9.19. The minimum Gasteiger partial charge on any atom is -0.478 e. The van der Waals surface area contributed by atoms with Crippen molar-refractivity contribution < 1.29 is 9.90 Å². The number of allylic oxidation sites excluding steroid dienone is 1. The number of carboxylic acid groups (broad SMARTS) is 1. The van der Waals surface area contributed by atoms with Crippen LogP contribution in [0.15, 0.2) is 97.3 Å². The first-order valence-corrected chi connectivity index (χ1v) is 11.6. The van der Waals surface area contributed by atoms with E-state index in [0.717, 1.165) is 22.3 Å². The number of carboxylic acids is 1. The molecule has 168 valence electrons. The second kappa shape index (κ2) is 9.75. The lowest BCUT2D eigenvalue weighted by Crippen LogP contribution is -2.15. The van der Waals surface area contributed by atoms with Crippen LogP contribution < -0.4 is 0 Å². The molecule has 1 aliphatic rings. The molecule has 3 aromatic carbocycles. The molecule has 1 aliphatic carbocycles. The molecule has 1 heterocycles. The Morgan fingerprint density at radius 3 is 2.29 bits per heavy atom. The van der Waals surface area contributed by atoms with Gasteiger partial charge >= 0.3 is 5.97 Å². The van der Waals surface area contributed by atoms with Crippen LogP contribution in [0.2, 0.25) is 0 Å². The molecule has 4 nitrogen and oxygen atoms in total. The third-order valence-electron chi connectivity index (χ3n) is 6.47. The second-order valence-corrected chi connectivity index (χ2v) is 8.64. The number of H-pyrrole nitrogens is 1. The van der Waals surface area contributed by atoms with E-state index in [0.29, 0.717) is 5.92 Å². The van der Waals surface area contributed by atoms with E-state index in [1.165, 1.54) is 47.6 Å². The molecule has 0 spiro atoms. The van der Waals surface area contributed by atoms with Crippen LogP contribution in [0.25, 0.3) is 28.3 Å². The molecule has 0 atom stereocenters. The van der Waals surface area contributed by atoms with E-state index in [1.807, 2.05) is 24.5 Å². The third-order valence-corrected chi connectivity index (χ3v) is 6.47. The molecule has 0 radical (unpaired) electrons. The maximum atomic E-state index is 10.9. The van der Waals surface area contributed by atoms with Crippen LogP contribution in [-0.2, 0) is 4.79 Å². The number of nitrogens with zero attached hydrogens (tertiary/aromatic N) is 1. The Kier molecular flexibility index (Phi) is 6.21. The van der Waals surface area contributed by atoms with Crippen molar-refractivity contribution in [3.05, 3.63) is 120 Å². The van der Waals surface area contributed by atoms with Gasteiger partial charge in [-0.25, -0.2) is 4.79 Å². The molecule has 1 saturated carbocycles. The smallest absolute Gasteiger partial charge is 0.328 e. The molecule has 1 aromatic heterocycles. The molecule has 0 saturated heterocycles. The number of aromatic amines is 1. The maximum Gasteiger partial charge on any atom is 0.328 e. The zero-order chi connectivity index (χ0) is 23.3. The summed E-state index contributed by atoms with van der Waals surface area (Å²) in [7, 11) is 0. The number of nitrogens with one attached hydrogen (secondary N) is 1. The Morgan fingerprint density at radius 2 is 1.65 bits per heavy atom. The molecular weight excluding hydrogens is 420 g/mol. The minimum atomic E-state index is -0.947. The van der Waals surface area contributed by atoms with Gasteiger partial charge in [0.25, 0.3) is 0 Å². The highest BCUT2D eigenvalue weighted by molar-refractivity contribution is 6.00. The number of hydrogen-bond acceptors (Lipinski definition) is 2. The van der Waals surface area contributed by atoms with Crippen LogP contribution in [-0.4, -0.2) is 21.3 Å². The molecule has 0 unspecified atom stereocenters. The van der Waals surface area contributed by atoms with Crippen molar-refractivity contribution in [2.45, 2.75) is 19.3 Å². The van der Waals surface area contributed by atoms with Crippen molar-refractivity contribution in [3.8, 4) is 11.1 Å². The standard InChI is InChI=1S/C30H26N2O2/c33-28(34)17-14-21-12-15-24(16-13-21)30(26-11-5-10-25(18-26)27-19-31-32-20-27)29(23-8-4-9-23)22-6-2-1-3-7-22/h1-3,5-7,10-20,23H,4,8-9H2,(H,31,32)(H,33,34)/b17-14+,30-29-. The highest BCUT2D eigenvalue weighted by Crippen LogP contribution is 2.45. The van der Waals surface area contributed by atoms with E-state index in [1.54, 1.807) is 6.08 Å². The van der Waals surface area contributed by atoms with Crippen molar-refractivity contribution in [1.82, 2.24) is 10.2 Å². The van der Waals surface area contributed by atoms with E-state index < -0.39 is 5.97 Å². The monoisotopic (exact) mass is 446 g/mol. The summed E-state index contributed by atoms with van der Waals surface area (Å²) in [5, 5.41) is 16.0. The van der Waals surface area contributed by atoms with Gasteiger partial charge in [0.2, 0.25) is 0 Å². The Hall–Kier alpha value is -4.18. The van der Waals surface area contributed by atoms with Gasteiger partial charge in [-0.15, -0.1) is 0 Å². The topological polar surface area (TPSA) is 66.0 Å². The van der Waals surface area contributed by atoms with Crippen molar-refractivity contribution in [3.63, 3.8) is 0 Å². The lowest BCUT2D eigenvalue weighted by atomic mass is 9.73. The first kappa shape index (κ1) is 21.7. The summed E-state index contributed by atoms with van der Waals surface area (Å²) < 4.78 is 0. The van der Waals surface area contributed by atoms with Gasteiger partial charge in [-0.1, -0.05) is 79.2 Å². The van der Waals surface area contributed by atoms with Crippen molar-refractivity contribution in [2.24, 2.45) is 5.92 Å². The van der Waals surface area contributed by atoms with E-state index in [9.17, 15) is 4.79 Å². The van der Waals surface area contributed by atoms with Gasteiger partial charge in [0, 0.05) is 17.8 Å². The number of aliphatic carboxylic acids is 1. The average molecular weight is 447 g/mol. The fourth-order valence-corrected chi connectivity index (χ4v) is 4.57. The first-order valence-electron chi connectivity index (χ1n) is 11.6.